The summed E-state index contributed by atoms with van der Waals surface area (Å²) in [5.41, 5.74) is -1.85. The van der Waals surface area contributed by atoms with Gasteiger partial charge in [0.2, 0.25) is 0 Å². The molecule has 1 aromatic rings. The average molecular weight is 298 g/mol. The van der Waals surface area contributed by atoms with Gasteiger partial charge in [-0.25, -0.2) is 4.39 Å². The molecule has 0 atom stereocenters. The van der Waals surface area contributed by atoms with Gasteiger partial charge in [-0.05, 0) is 27.6 Å². The Morgan fingerprint density at radius 2 is 2.00 bits per heavy atom. The van der Waals surface area contributed by atoms with E-state index < -0.39 is 29.0 Å². The summed E-state index contributed by atoms with van der Waals surface area (Å²) < 4.78 is 50.9. The predicted molar refractivity (Wildman–Crippen MR) is 50.3 cm³/mol. The van der Waals surface area contributed by atoms with Crippen LogP contribution in [0.1, 0.15) is 21.5 Å². The number of carbonyl (C=O) groups is 1. The molecule has 1 aliphatic rings. The maximum atomic E-state index is 13.4. The molecule has 0 spiro atoms. The van der Waals surface area contributed by atoms with Crippen LogP contribution in [0.25, 0.3) is 0 Å². The molecular weight excluding hydrogens is 294 g/mol. The number of fused-ring (bicyclic) bond motifs is 1. The number of benzene rings is 1. The standard InChI is InChI=1S/C9H4BrF4NO/c10-5-1-4(9(12,13)14)3-2-15-8(16)6(3)7(5)11/h1H,2H2,(H,15,16). The van der Waals surface area contributed by atoms with Crippen molar-refractivity contribution in [1.82, 2.24) is 5.32 Å². The van der Waals surface area contributed by atoms with E-state index in [2.05, 4.69) is 21.2 Å². The van der Waals surface area contributed by atoms with Crippen molar-refractivity contribution in [2.24, 2.45) is 0 Å². The van der Waals surface area contributed by atoms with Gasteiger partial charge in [-0.3, -0.25) is 4.79 Å². The Morgan fingerprint density at radius 1 is 1.38 bits per heavy atom. The van der Waals surface area contributed by atoms with Gasteiger partial charge in [0.05, 0.1) is 15.6 Å². The minimum absolute atomic E-state index is 0.298. The number of hydrogen-bond donors (Lipinski definition) is 1. The van der Waals surface area contributed by atoms with Crippen LogP contribution < -0.4 is 5.32 Å². The number of alkyl halides is 3. The van der Waals surface area contributed by atoms with E-state index in [-0.39, 0.29) is 16.6 Å². The first-order chi connectivity index (χ1) is 7.32. The first-order valence-corrected chi connectivity index (χ1v) is 4.98. The summed E-state index contributed by atoms with van der Waals surface area (Å²) in [5.74, 6) is -1.78. The number of amides is 1. The van der Waals surface area contributed by atoms with Crippen LogP contribution in [0.3, 0.4) is 0 Å². The summed E-state index contributed by atoms with van der Waals surface area (Å²) in [5, 5.41) is 2.17. The predicted octanol–water partition coefficient (Wildman–Crippen LogP) is 2.85. The van der Waals surface area contributed by atoms with Crippen LogP contribution >= 0.6 is 15.9 Å². The zero-order chi connectivity index (χ0) is 12.1. The van der Waals surface area contributed by atoms with E-state index in [1.54, 1.807) is 0 Å². The van der Waals surface area contributed by atoms with Crippen LogP contribution in [0.2, 0.25) is 0 Å². The lowest BCUT2D eigenvalue weighted by Gasteiger charge is -2.12. The fourth-order valence-corrected chi connectivity index (χ4v) is 2.02. The van der Waals surface area contributed by atoms with Crippen molar-refractivity contribution in [1.29, 1.82) is 0 Å². The Morgan fingerprint density at radius 3 is 2.56 bits per heavy atom. The Kier molecular flexibility index (Phi) is 2.45. The SMILES string of the molecule is O=C1NCc2c(C(F)(F)F)cc(Br)c(F)c21. The molecule has 2 nitrogen and oxygen atoms in total. The van der Waals surface area contributed by atoms with Crippen LogP contribution in [-0.2, 0) is 12.7 Å². The molecule has 0 aromatic heterocycles. The minimum atomic E-state index is -4.60. The first-order valence-electron chi connectivity index (χ1n) is 4.18. The van der Waals surface area contributed by atoms with Gasteiger partial charge in [0.15, 0.2) is 0 Å². The van der Waals surface area contributed by atoms with Crippen LogP contribution in [0.15, 0.2) is 10.5 Å². The lowest BCUT2D eigenvalue weighted by Crippen LogP contribution is -2.13. The number of halogens is 5. The second-order valence-corrected chi connectivity index (χ2v) is 4.11. The summed E-state index contributed by atoms with van der Waals surface area (Å²) >= 11 is 2.66. The molecule has 16 heavy (non-hydrogen) atoms. The lowest BCUT2D eigenvalue weighted by molar-refractivity contribution is -0.138. The Hall–Kier alpha value is -1.11. The summed E-state index contributed by atoms with van der Waals surface area (Å²) in [6.07, 6.45) is -4.60. The van der Waals surface area contributed by atoms with Gasteiger partial charge in [-0.2, -0.15) is 13.2 Å². The number of rotatable bonds is 0. The topological polar surface area (TPSA) is 29.1 Å². The summed E-state index contributed by atoms with van der Waals surface area (Å²) in [4.78, 5) is 11.2. The highest BCUT2D eigenvalue weighted by Gasteiger charge is 2.39. The Bertz CT molecular complexity index is 483. The van der Waals surface area contributed by atoms with Gasteiger partial charge >= 0.3 is 6.18 Å². The Labute approximate surface area is 95.8 Å². The van der Waals surface area contributed by atoms with Gasteiger partial charge in [0.1, 0.15) is 5.82 Å². The molecule has 1 aromatic carbocycles. The van der Waals surface area contributed by atoms with Gasteiger partial charge in [-0.15, -0.1) is 0 Å². The molecule has 0 aliphatic carbocycles. The van der Waals surface area contributed by atoms with E-state index in [0.29, 0.717) is 6.07 Å². The molecule has 0 unspecified atom stereocenters. The molecule has 7 heteroatoms. The molecule has 0 saturated carbocycles. The fraction of sp³-hybridized carbons (Fsp3) is 0.222. The smallest absolute Gasteiger partial charge is 0.348 e. The molecule has 1 amide bonds. The van der Waals surface area contributed by atoms with Crippen LogP contribution in [-0.4, -0.2) is 5.91 Å². The van der Waals surface area contributed by atoms with Crippen molar-refractivity contribution in [2.45, 2.75) is 12.7 Å². The summed E-state index contributed by atoms with van der Waals surface area (Å²) in [6, 6.07) is 0.647. The normalized spacial score (nSPS) is 14.9. The highest BCUT2D eigenvalue weighted by Crippen LogP contribution is 2.38. The maximum absolute atomic E-state index is 13.4. The van der Waals surface area contributed by atoms with E-state index in [9.17, 15) is 22.4 Å². The van der Waals surface area contributed by atoms with E-state index >= 15 is 0 Å². The van der Waals surface area contributed by atoms with Crippen molar-refractivity contribution in [3.05, 3.63) is 33.0 Å². The van der Waals surface area contributed by atoms with Gasteiger partial charge in [0.25, 0.3) is 5.91 Å². The molecule has 0 saturated heterocycles. The van der Waals surface area contributed by atoms with Gasteiger partial charge in [0, 0.05) is 6.54 Å². The zero-order valence-corrected chi connectivity index (χ0v) is 9.17. The van der Waals surface area contributed by atoms with Crippen LogP contribution in [0, 0.1) is 5.82 Å². The molecule has 0 radical (unpaired) electrons. The van der Waals surface area contributed by atoms with E-state index in [1.807, 2.05) is 0 Å². The molecular formula is C9H4BrF4NO. The van der Waals surface area contributed by atoms with Crippen LogP contribution in [0.5, 0.6) is 0 Å². The first kappa shape index (κ1) is 11.4. The highest BCUT2D eigenvalue weighted by molar-refractivity contribution is 9.10. The van der Waals surface area contributed by atoms with Gasteiger partial charge < -0.3 is 5.32 Å². The average Bonchev–Trinajstić information content (AvgIpc) is 2.52. The van der Waals surface area contributed by atoms with Crippen molar-refractivity contribution < 1.29 is 22.4 Å². The van der Waals surface area contributed by atoms with E-state index in [1.165, 1.54) is 0 Å². The molecule has 1 aliphatic heterocycles. The van der Waals surface area contributed by atoms with E-state index in [0.717, 1.165) is 0 Å². The monoisotopic (exact) mass is 297 g/mol. The second kappa shape index (κ2) is 3.44. The molecule has 86 valence electrons. The largest absolute Gasteiger partial charge is 0.416 e. The lowest BCUT2D eigenvalue weighted by atomic mass is 10.0. The molecule has 0 bridgehead atoms. The summed E-state index contributed by atoms with van der Waals surface area (Å²) in [6.45, 7) is -0.298. The van der Waals surface area contributed by atoms with Crippen LogP contribution in [0.4, 0.5) is 17.6 Å². The Balaban J connectivity index is 2.76. The highest BCUT2D eigenvalue weighted by atomic mass is 79.9. The molecule has 2 rings (SSSR count). The molecule has 1 heterocycles. The van der Waals surface area contributed by atoms with E-state index in [4.69, 9.17) is 0 Å². The van der Waals surface area contributed by atoms with Crippen molar-refractivity contribution >= 4 is 21.8 Å². The van der Waals surface area contributed by atoms with Gasteiger partial charge in [-0.1, -0.05) is 0 Å². The third-order valence-electron chi connectivity index (χ3n) is 2.29. The summed E-state index contributed by atoms with van der Waals surface area (Å²) in [7, 11) is 0. The quantitative estimate of drug-likeness (QED) is 0.733. The van der Waals surface area contributed by atoms with Crippen molar-refractivity contribution in [2.75, 3.05) is 0 Å². The molecule has 0 fully saturated rings. The van der Waals surface area contributed by atoms with Crippen molar-refractivity contribution in [3.8, 4) is 0 Å². The fourth-order valence-electron chi connectivity index (χ4n) is 1.59. The number of nitrogens with one attached hydrogen (secondary N) is 1. The third kappa shape index (κ3) is 1.59. The number of hydrogen-bond acceptors (Lipinski definition) is 1. The molecule has 1 N–H and O–H groups in total. The minimum Gasteiger partial charge on any atom is -0.348 e. The van der Waals surface area contributed by atoms with Crippen molar-refractivity contribution in [3.63, 3.8) is 0 Å². The third-order valence-corrected chi connectivity index (χ3v) is 2.86. The second-order valence-electron chi connectivity index (χ2n) is 3.25. The maximum Gasteiger partial charge on any atom is 0.416 e. The number of carbonyl (C=O) groups excluding carboxylic acids is 1. The zero-order valence-electron chi connectivity index (χ0n) is 7.58.